The first-order valence-corrected chi connectivity index (χ1v) is 19.3. The van der Waals surface area contributed by atoms with Crippen LogP contribution in [0.3, 0.4) is 0 Å². The first-order chi connectivity index (χ1) is 28.7. The number of para-hydroxylation sites is 2. The van der Waals surface area contributed by atoms with Crippen molar-refractivity contribution in [2.75, 3.05) is 0 Å². The van der Waals surface area contributed by atoms with Crippen LogP contribution in [0.25, 0.3) is 67.5 Å². The Morgan fingerprint density at radius 3 is 1.48 bits per heavy atom. The summed E-state index contributed by atoms with van der Waals surface area (Å²) in [7, 11) is 0. The third kappa shape index (κ3) is 5.20. The number of benzene rings is 8. The van der Waals surface area contributed by atoms with Crippen molar-refractivity contribution in [3.8, 4) is 85.1 Å². The normalized spacial score (nSPS) is 12.7. The monoisotopic (exact) mass is 740 g/mol. The Balaban J connectivity index is 1.07. The van der Waals surface area contributed by atoms with Gasteiger partial charge in [-0.3, -0.25) is 0 Å². The fourth-order valence-corrected chi connectivity index (χ4v) is 8.90. The summed E-state index contributed by atoms with van der Waals surface area (Å²) in [6, 6.07) is 69.1. The van der Waals surface area contributed by atoms with Crippen molar-refractivity contribution < 1.29 is 4.74 Å². The molecule has 1 aliphatic heterocycles. The molecule has 2 aliphatic rings. The predicted molar refractivity (Wildman–Crippen MR) is 229 cm³/mol. The average molecular weight is 741 g/mol. The molecular formula is C53H32N4O. The first kappa shape index (κ1) is 33.4. The van der Waals surface area contributed by atoms with Crippen LogP contribution in [0.2, 0.25) is 0 Å². The van der Waals surface area contributed by atoms with E-state index in [1.807, 2.05) is 78.9 Å². The minimum Gasteiger partial charge on any atom is -0.457 e. The van der Waals surface area contributed by atoms with Crippen LogP contribution in [0.15, 0.2) is 194 Å². The van der Waals surface area contributed by atoms with Crippen molar-refractivity contribution in [2.24, 2.45) is 0 Å². The zero-order valence-corrected chi connectivity index (χ0v) is 31.2. The van der Waals surface area contributed by atoms with E-state index in [2.05, 4.69) is 121 Å². The zero-order valence-electron chi connectivity index (χ0n) is 31.2. The lowest BCUT2D eigenvalue weighted by Gasteiger charge is -2.39. The van der Waals surface area contributed by atoms with E-state index in [-0.39, 0.29) is 0 Å². The Morgan fingerprint density at radius 2 is 0.862 bits per heavy atom. The highest BCUT2D eigenvalue weighted by Gasteiger charge is 2.51. The van der Waals surface area contributed by atoms with Gasteiger partial charge in [-0.25, -0.2) is 15.0 Å². The second-order valence-electron chi connectivity index (χ2n) is 14.6. The van der Waals surface area contributed by atoms with Crippen LogP contribution in [-0.4, -0.2) is 15.0 Å². The van der Waals surface area contributed by atoms with E-state index >= 15 is 0 Å². The number of rotatable bonds is 5. The van der Waals surface area contributed by atoms with Gasteiger partial charge in [0, 0.05) is 27.8 Å². The summed E-state index contributed by atoms with van der Waals surface area (Å²) in [6.45, 7) is 0. The van der Waals surface area contributed by atoms with Gasteiger partial charge in [0.1, 0.15) is 11.5 Å². The van der Waals surface area contributed by atoms with Gasteiger partial charge in [-0.15, -0.1) is 0 Å². The van der Waals surface area contributed by atoms with Gasteiger partial charge in [0.2, 0.25) is 0 Å². The van der Waals surface area contributed by atoms with Gasteiger partial charge in [-0.2, -0.15) is 5.26 Å². The molecule has 0 fully saturated rings. The maximum absolute atomic E-state index is 10.2. The van der Waals surface area contributed by atoms with Crippen molar-refractivity contribution in [1.82, 2.24) is 15.0 Å². The molecule has 11 rings (SSSR count). The highest BCUT2D eigenvalue weighted by molar-refractivity contribution is 5.97. The number of fused-ring (bicyclic) bond motifs is 9. The molecule has 1 aromatic heterocycles. The largest absolute Gasteiger partial charge is 0.457 e. The summed E-state index contributed by atoms with van der Waals surface area (Å²) in [5.41, 5.74) is 13.7. The van der Waals surface area contributed by atoms with Gasteiger partial charge < -0.3 is 4.74 Å². The highest BCUT2D eigenvalue weighted by atomic mass is 16.5. The van der Waals surface area contributed by atoms with Crippen LogP contribution >= 0.6 is 0 Å². The molecule has 5 heteroatoms. The minimum atomic E-state index is -0.631. The molecule has 0 N–H and O–H groups in total. The summed E-state index contributed by atoms with van der Waals surface area (Å²) in [4.78, 5) is 14.9. The number of hydrogen-bond acceptors (Lipinski definition) is 5. The second kappa shape index (κ2) is 13.4. The average Bonchev–Trinajstić information content (AvgIpc) is 3.59. The topological polar surface area (TPSA) is 71.7 Å². The van der Waals surface area contributed by atoms with E-state index in [4.69, 9.17) is 19.7 Å². The molecule has 0 unspecified atom stereocenters. The molecular weight excluding hydrogens is 709 g/mol. The molecule has 0 radical (unpaired) electrons. The van der Waals surface area contributed by atoms with Gasteiger partial charge >= 0.3 is 0 Å². The van der Waals surface area contributed by atoms with Crippen LogP contribution in [0.5, 0.6) is 11.5 Å². The molecule has 58 heavy (non-hydrogen) atoms. The van der Waals surface area contributed by atoms with Gasteiger partial charge in [0.25, 0.3) is 0 Å². The molecule has 1 spiro atoms. The Bertz CT molecular complexity index is 3010. The molecule has 0 amide bonds. The summed E-state index contributed by atoms with van der Waals surface area (Å²) < 4.78 is 6.55. The number of nitriles is 1. The van der Waals surface area contributed by atoms with E-state index in [0.717, 1.165) is 78.3 Å². The van der Waals surface area contributed by atoms with Crippen molar-refractivity contribution in [3.05, 3.63) is 222 Å². The maximum Gasteiger partial charge on any atom is 0.164 e. The van der Waals surface area contributed by atoms with E-state index in [0.29, 0.717) is 23.0 Å². The van der Waals surface area contributed by atoms with Gasteiger partial charge in [-0.1, -0.05) is 158 Å². The maximum atomic E-state index is 10.2. The quantitative estimate of drug-likeness (QED) is 0.176. The Labute approximate surface area is 336 Å². The predicted octanol–water partition coefficient (Wildman–Crippen LogP) is 12.5. The molecule has 5 nitrogen and oxygen atoms in total. The molecule has 270 valence electrons. The second-order valence-corrected chi connectivity index (χ2v) is 14.6. The molecule has 8 aromatic carbocycles. The minimum absolute atomic E-state index is 0.610. The molecule has 2 heterocycles. The molecule has 0 atom stereocenters. The highest BCUT2D eigenvalue weighted by Crippen LogP contribution is 2.63. The Kier molecular flexibility index (Phi) is 7.70. The number of ether oxygens (including phenoxy) is 1. The lowest BCUT2D eigenvalue weighted by molar-refractivity contribution is 0.436. The van der Waals surface area contributed by atoms with Crippen LogP contribution in [0, 0.1) is 11.3 Å². The lowest BCUT2D eigenvalue weighted by Crippen LogP contribution is -2.32. The lowest BCUT2D eigenvalue weighted by atomic mass is 9.66. The number of aromatic nitrogens is 3. The van der Waals surface area contributed by atoms with E-state index in [1.165, 1.54) is 5.56 Å². The third-order valence-corrected chi connectivity index (χ3v) is 11.4. The Hall–Kier alpha value is -7.94. The van der Waals surface area contributed by atoms with Crippen molar-refractivity contribution in [2.45, 2.75) is 5.41 Å². The summed E-state index contributed by atoms with van der Waals surface area (Å²) in [5.74, 6) is 3.53. The third-order valence-electron chi connectivity index (χ3n) is 11.4. The SMILES string of the molecule is N#Cc1ccc2c(c1)-c1c(-c3cccc(-c4cccc(-c5nc(-c6ccccc6)nc(-c6ccccc6)n5)c4)c3)cccc1C21c2ccccc2Oc2ccccc21. The van der Waals surface area contributed by atoms with Crippen molar-refractivity contribution >= 4 is 0 Å². The smallest absolute Gasteiger partial charge is 0.164 e. The van der Waals surface area contributed by atoms with Crippen molar-refractivity contribution in [3.63, 3.8) is 0 Å². The standard InChI is InChI=1S/C53H32N4O/c54-33-34-28-29-43-42(30-34)49-41(22-13-25-46(49)53(43)44-23-7-9-26-47(44)58-48-27-10-8-24-45(48)53)39-20-11-18-37(31-39)38-19-12-21-40(32-38)52-56-50(35-14-3-1-4-15-35)55-51(57-52)36-16-5-2-6-17-36/h1-32H. The van der Waals surface area contributed by atoms with E-state index in [9.17, 15) is 5.26 Å². The first-order valence-electron chi connectivity index (χ1n) is 19.3. The molecule has 0 saturated carbocycles. The van der Waals surface area contributed by atoms with Crippen LogP contribution in [0.1, 0.15) is 27.8 Å². The van der Waals surface area contributed by atoms with Crippen molar-refractivity contribution in [1.29, 1.82) is 5.26 Å². The number of hydrogen-bond donors (Lipinski definition) is 0. The fourth-order valence-electron chi connectivity index (χ4n) is 8.90. The van der Waals surface area contributed by atoms with Crippen LogP contribution in [-0.2, 0) is 5.41 Å². The Morgan fingerprint density at radius 1 is 0.379 bits per heavy atom. The molecule has 1 aliphatic carbocycles. The summed E-state index contributed by atoms with van der Waals surface area (Å²) >= 11 is 0. The van der Waals surface area contributed by atoms with E-state index < -0.39 is 5.41 Å². The van der Waals surface area contributed by atoms with Gasteiger partial charge in [0.15, 0.2) is 17.5 Å². The van der Waals surface area contributed by atoms with E-state index in [1.54, 1.807) is 0 Å². The number of nitrogens with zero attached hydrogens (tertiary/aromatic N) is 4. The molecule has 0 bridgehead atoms. The van der Waals surface area contributed by atoms with Crippen LogP contribution < -0.4 is 4.74 Å². The molecule has 0 saturated heterocycles. The van der Waals surface area contributed by atoms with Gasteiger partial charge in [0.05, 0.1) is 17.0 Å². The summed E-state index contributed by atoms with van der Waals surface area (Å²) in [5, 5.41) is 10.2. The fraction of sp³-hybridized carbons (Fsp3) is 0.0189. The summed E-state index contributed by atoms with van der Waals surface area (Å²) in [6.07, 6.45) is 0. The molecule has 9 aromatic rings. The van der Waals surface area contributed by atoms with Gasteiger partial charge in [-0.05, 0) is 80.9 Å². The van der Waals surface area contributed by atoms with Crippen LogP contribution in [0.4, 0.5) is 0 Å². The zero-order chi connectivity index (χ0) is 38.6.